The standard InChI is InChI=1S/C80H58B2N6/c1-55-29-21-25-45-69(55)88(70-46-26-22-30-56(70)2)64-51-76-80-78(52-64)87(62-41-19-8-20-42-62)74-54-73-67(53-68(74)82(80)66-44-24-28-48-72(66)85(76)60-37-15-6-16-38-60)81-65-43-23-27-47-71(65)84(59-35-13-5-14-36-59)75-49-63(50-77(79(75)81)86(73)61-39-17-7-18-40-61)83(57-31-9-3-10-32-57)58-33-11-4-12-34-58/h3-54H,1-2H3. The van der Waals surface area contributed by atoms with Crippen LogP contribution in [0.4, 0.5) is 102 Å². The Morgan fingerprint density at radius 1 is 0.227 bits per heavy atom. The van der Waals surface area contributed by atoms with Crippen LogP contribution in [0, 0.1) is 13.8 Å². The molecule has 4 heterocycles. The summed E-state index contributed by atoms with van der Waals surface area (Å²) in [4.78, 5) is 15.1. The zero-order valence-electron chi connectivity index (χ0n) is 48.9. The molecule has 0 unspecified atom stereocenters. The van der Waals surface area contributed by atoms with E-state index >= 15 is 0 Å². The van der Waals surface area contributed by atoms with E-state index in [4.69, 9.17) is 0 Å². The summed E-state index contributed by atoms with van der Waals surface area (Å²) in [6, 6.07) is 117. The highest BCUT2D eigenvalue weighted by molar-refractivity contribution is 7.03. The van der Waals surface area contributed by atoms with Crippen LogP contribution in [0.15, 0.2) is 315 Å². The number of hydrogen-bond donors (Lipinski definition) is 0. The van der Waals surface area contributed by atoms with Crippen molar-refractivity contribution in [1.82, 2.24) is 0 Å². The molecule has 0 amide bonds. The van der Waals surface area contributed by atoms with Crippen molar-refractivity contribution in [3.63, 3.8) is 0 Å². The molecule has 0 spiro atoms. The highest BCUT2D eigenvalue weighted by Crippen LogP contribution is 2.52. The number of anilines is 18. The molecule has 13 aromatic rings. The molecule has 17 rings (SSSR count). The maximum absolute atomic E-state index is 2.63. The van der Waals surface area contributed by atoms with Crippen molar-refractivity contribution < 1.29 is 0 Å². The minimum atomic E-state index is -0.153. The maximum atomic E-state index is 2.63. The number of hydrogen-bond acceptors (Lipinski definition) is 6. The Labute approximate surface area is 515 Å². The monoisotopic (exact) mass is 1120 g/mol. The van der Waals surface area contributed by atoms with Gasteiger partial charge in [0.15, 0.2) is 0 Å². The zero-order chi connectivity index (χ0) is 58.4. The summed E-state index contributed by atoms with van der Waals surface area (Å²) < 4.78 is 0. The number of para-hydroxylation sites is 10. The molecule has 0 N–H and O–H groups in total. The predicted molar refractivity (Wildman–Crippen MR) is 373 cm³/mol. The maximum Gasteiger partial charge on any atom is 0.252 e. The number of rotatable bonds is 10. The Hall–Kier alpha value is -11.2. The molecule has 0 saturated carbocycles. The molecule has 4 aliphatic rings. The van der Waals surface area contributed by atoms with Crippen LogP contribution >= 0.6 is 0 Å². The minimum absolute atomic E-state index is 0.151. The molecule has 88 heavy (non-hydrogen) atoms. The lowest BCUT2D eigenvalue weighted by Crippen LogP contribution is -2.65. The normalized spacial score (nSPS) is 13.0. The molecule has 0 saturated heterocycles. The van der Waals surface area contributed by atoms with Crippen LogP contribution in [0.2, 0.25) is 0 Å². The van der Waals surface area contributed by atoms with E-state index in [0.717, 1.165) is 96.7 Å². The van der Waals surface area contributed by atoms with Gasteiger partial charge in [0, 0.05) is 91.0 Å². The van der Waals surface area contributed by atoms with Gasteiger partial charge >= 0.3 is 0 Å². The van der Waals surface area contributed by atoms with E-state index in [0.29, 0.717) is 0 Å². The Morgan fingerprint density at radius 2 is 0.523 bits per heavy atom. The van der Waals surface area contributed by atoms with Gasteiger partial charge in [0.25, 0.3) is 13.4 Å². The van der Waals surface area contributed by atoms with Gasteiger partial charge in [-0.2, -0.15) is 0 Å². The first-order chi connectivity index (χ1) is 43.6. The average Bonchev–Trinajstić information content (AvgIpc) is 0.725. The SMILES string of the molecule is Cc1ccccc1N(c1cc2c3c(c1)N(c1ccccc1)c1cc4c(cc1B3c1ccccc1N2c1ccccc1)B1c2ccccc2N(c2ccccc2)c2cc(N(c3ccccc3)c3ccccc3)cc(c21)N4c1ccccc1)c1ccccc1C. The fraction of sp³-hybridized carbons (Fsp3) is 0.0250. The lowest BCUT2D eigenvalue weighted by molar-refractivity contribution is 1.20. The van der Waals surface area contributed by atoms with Crippen molar-refractivity contribution in [2.75, 3.05) is 29.4 Å². The quantitative estimate of drug-likeness (QED) is 0.126. The highest BCUT2D eigenvalue weighted by atomic mass is 15.2. The van der Waals surface area contributed by atoms with Crippen LogP contribution in [0.1, 0.15) is 11.1 Å². The molecule has 0 aliphatic carbocycles. The number of aryl methyl sites for hydroxylation is 2. The summed E-state index contributed by atoms with van der Waals surface area (Å²) >= 11 is 0. The molecule has 0 bridgehead atoms. The summed E-state index contributed by atoms with van der Waals surface area (Å²) in [6.45, 7) is 4.16. The molecular weight excluding hydrogens is 1070 g/mol. The van der Waals surface area contributed by atoms with Gasteiger partial charge < -0.3 is 29.4 Å². The molecule has 0 radical (unpaired) electrons. The minimum Gasteiger partial charge on any atom is -0.311 e. The van der Waals surface area contributed by atoms with Crippen LogP contribution in [0.25, 0.3) is 0 Å². The van der Waals surface area contributed by atoms with Gasteiger partial charge in [0.2, 0.25) is 0 Å². The van der Waals surface area contributed by atoms with Crippen molar-refractivity contribution >= 4 is 149 Å². The summed E-state index contributed by atoms with van der Waals surface area (Å²) in [5.41, 5.74) is 30.0. The third-order valence-electron chi connectivity index (χ3n) is 18.4. The van der Waals surface area contributed by atoms with Crippen molar-refractivity contribution in [3.05, 3.63) is 327 Å². The third-order valence-corrected chi connectivity index (χ3v) is 18.4. The molecule has 13 aromatic carbocycles. The molecule has 414 valence electrons. The first-order valence-electron chi connectivity index (χ1n) is 30.5. The fourth-order valence-electron chi connectivity index (χ4n) is 14.7. The van der Waals surface area contributed by atoms with E-state index in [1.54, 1.807) is 0 Å². The van der Waals surface area contributed by atoms with Crippen LogP contribution in [-0.4, -0.2) is 13.4 Å². The Bertz CT molecular complexity index is 4730. The van der Waals surface area contributed by atoms with Gasteiger partial charge in [-0.25, -0.2) is 0 Å². The van der Waals surface area contributed by atoms with Gasteiger partial charge in [-0.3, -0.25) is 0 Å². The predicted octanol–water partition coefficient (Wildman–Crippen LogP) is 17.4. The smallest absolute Gasteiger partial charge is 0.252 e. The van der Waals surface area contributed by atoms with Crippen molar-refractivity contribution in [3.8, 4) is 0 Å². The van der Waals surface area contributed by atoms with E-state index in [2.05, 4.69) is 359 Å². The van der Waals surface area contributed by atoms with Crippen molar-refractivity contribution in [2.45, 2.75) is 13.8 Å². The van der Waals surface area contributed by atoms with Crippen LogP contribution in [0.5, 0.6) is 0 Å². The van der Waals surface area contributed by atoms with E-state index < -0.39 is 0 Å². The second kappa shape index (κ2) is 20.8. The summed E-state index contributed by atoms with van der Waals surface area (Å²) in [6.07, 6.45) is 0. The van der Waals surface area contributed by atoms with Crippen molar-refractivity contribution in [2.24, 2.45) is 0 Å². The van der Waals surface area contributed by atoms with E-state index in [-0.39, 0.29) is 13.4 Å². The molecule has 6 nitrogen and oxygen atoms in total. The average molecular weight is 1130 g/mol. The fourth-order valence-corrected chi connectivity index (χ4v) is 14.7. The molecule has 0 aromatic heterocycles. The Morgan fingerprint density at radius 3 is 0.886 bits per heavy atom. The molecule has 0 fully saturated rings. The van der Waals surface area contributed by atoms with Gasteiger partial charge in [-0.1, -0.05) is 188 Å². The molecule has 4 aliphatic heterocycles. The van der Waals surface area contributed by atoms with Gasteiger partial charge in [-0.05, 0) is 185 Å². The molecule has 8 heteroatoms. The Balaban J connectivity index is 0.999. The first-order valence-corrected chi connectivity index (χ1v) is 30.5. The number of fused-ring (bicyclic) bond motifs is 8. The lowest BCUT2D eigenvalue weighted by Gasteiger charge is -2.48. The molecular formula is C80H58B2N6. The van der Waals surface area contributed by atoms with Crippen molar-refractivity contribution in [1.29, 1.82) is 0 Å². The van der Waals surface area contributed by atoms with Gasteiger partial charge in [0.05, 0.1) is 11.4 Å². The topological polar surface area (TPSA) is 19.4 Å². The van der Waals surface area contributed by atoms with E-state index in [9.17, 15) is 0 Å². The lowest BCUT2D eigenvalue weighted by atomic mass is 9.30. The highest BCUT2D eigenvalue weighted by Gasteiger charge is 2.49. The largest absolute Gasteiger partial charge is 0.311 e. The summed E-state index contributed by atoms with van der Waals surface area (Å²) in [7, 11) is 0. The van der Waals surface area contributed by atoms with Gasteiger partial charge in [-0.15, -0.1) is 0 Å². The number of nitrogens with zero attached hydrogens (tertiary/aromatic N) is 6. The van der Waals surface area contributed by atoms with E-state index in [1.165, 1.54) is 49.6 Å². The first kappa shape index (κ1) is 51.2. The van der Waals surface area contributed by atoms with Gasteiger partial charge in [0.1, 0.15) is 0 Å². The number of benzene rings is 13. The van der Waals surface area contributed by atoms with E-state index in [1.807, 2.05) is 0 Å². The van der Waals surface area contributed by atoms with Crippen LogP contribution in [0.3, 0.4) is 0 Å². The molecule has 0 atom stereocenters. The van der Waals surface area contributed by atoms with Crippen LogP contribution < -0.4 is 62.2 Å². The second-order valence-electron chi connectivity index (χ2n) is 23.3. The Kier molecular flexibility index (Phi) is 12.1. The summed E-state index contributed by atoms with van der Waals surface area (Å²) in [5, 5.41) is 0. The third kappa shape index (κ3) is 8.06. The van der Waals surface area contributed by atoms with Crippen LogP contribution in [-0.2, 0) is 0 Å². The summed E-state index contributed by atoms with van der Waals surface area (Å²) in [5.74, 6) is 0. The zero-order valence-corrected chi connectivity index (χ0v) is 48.9. The second-order valence-corrected chi connectivity index (χ2v) is 23.3.